The highest BCUT2D eigenvalue weighted by Crippen LogP contribution is 2.21. The van der Waals surface area contributed by atoms with E-state index in [0.717, 1.165) is 11.6 Å². The van der Waals surface area contributed by atoms with E-state index in [2.05, 4.69) is 25.2 Å². The second-order valence-electron chi connectivity index (χ2n) is 6.91. The summed E-state index contributed by atoms with van der Waals surface area (Å²) in [7, 11) is 7.33. The Labute approximate surface area is 164 Å². The van der Waals surface area contributed by atoms with E-state index in [4.69, 9.17) is 9.47 Å². The fourth-order valence-electron chi connectivity index (χ4n) is 3.09. The van der Waals surface area contributed by atoms with Gasteiger partial charge < -0.3 is 29.2 Å². The summed E-state index contributed by atoms with van der Waals surface area (Å²) < 4.78 is 12.9. The minimum Gasteiger partial charge on any atom is -0.377 e. The smallest absolute Gasteiger partial charge is 0.246 e. The van der Waals surface area contributed by atoms with Gasteiger partial charge in [0.2, 0.25) is 11.9 Å². The quantitative estimate of drug-likeness (QED) is 0.664. The van der Waals surface area contributed by atoms with Crippen molar-refractivity contribution in [3.05, 3.63) is 30.5 Å². The third kappa shape index (κ3) is 4.76. The van der Waals surface area contributed by atoms with E-state index in [9.17, 15) is 4.79 Å². The zero-order valence-electron chi connectivity index (χ0n) is 16.7. The monoisotopic (exact) mass is 389 g/mol. The molecule has 28 heavy (non-hydrogen) atoms. The molecule has 152 valence electrons. The molecular weight excluding hydrogens is 362 g/mol. The Kier molecular flexibility index (Phi) is 6.42. The molecule has 10 nitrogen and oxygen atoms in total. The van der Waals surface area contributed by atoms with E-state index >= 15 is 0 Å². The molecule has 1 saturated heterocycles. The molecule has 0 spiro atoms. The molecule has 2 aromatic heterocycles. The summed E-state index contributed by atoms with van der Waals surface area (Å²) in [6.07, 6.45) is 5.14. The number of amides is 1. The summed E-state index contributed by atoms with van der Waals surface area (Å²) in [6.45, 7) is 1.50. The first-order chi connectivity index (χ1) is 13.5. The summed E-state index contributed by atoms with van der Waals surface area (Å²) in [5.74, 6) is 2.04. The van der Waals surface area contributed by atoms with E-state index in [1.54, 1.807) is 19.5 Å². The van der Waals surface area contributed by atoms with Gasteiger partial charge in [0, 0.05) is 59.9 Å². The predicted octanol–water partition coefficient (Wildman–Crippen LogP) is -0.187. The van der Waals surface area contributed by atoms with Crippen LogP contribution in [-0.4, -0.2) is 78.5 Å². The van der Waals surface area contributed by atoms with Gasteiger partial charge in [-0.15, -0.1) is 0 Å². The normalized spacial score (nSPS) is 19.1. The Morgan fingerprint density at radius 3 is 2.82 bits per heavy atom. The van der Waals surface area contributed by atoms with Crippen LogP contribution < -0.4 is 15.1 Å². The Balaban J connectivity index is 1.54. The lowest BCUT2D eigenvalue weighted by Gasteiger charge is -2.19. The van der Waals surface area contributed by atoms with Crippen LogP contribution in [0.4, 0.5) is 11.8 Å². The molecule has 10 heteroatoms. The van der Waals surface area contributed by atoms with Crippen molar-refractivity contribution in [3.63, 3.8) is 0 Å². The molecule has 2 aromatic rings. The first-order valence-corrected chi connectivity index (χ1v) is 9.09. The van der Waals surface area contributed by atoms with Gasteiger partial charge in [-0.1, -0.05) is 0 Å². The van der Waals surface area contributed by atoms with Gasteiger partial charge in [-0.2, -0.15) is 4.98 Å². The molecule has 0 saturated carbocycles. The molecule has 0 bridgehead atoms. The fraction of sp³-hybridized carbons (Fsp3) is 0.556. The van der Waals surface area contributed by atoms with Crippen molar-refractivity contribution < 1.29 is 14.3 Å². The lowest BCUT2D eigenvalue weighted by atomic mass is 10.2. The maximum absolute atomic E-state index is 12.3. The standard InChI is InChI=1S/C18H27N7O3/c1-23(2)18-20-6-5-15(22-18)25-9-13(14(10-25)27-4)21-17(26)12-28-11-16-19-7-8-24(16)3/h5-8,13-14H,9-12H2,1-4H3,(H,21,26)/t13-,14+/m0/s1. The summed E-state index contributed by atoms with van der Waals surface area (Å²) in [4.78, 5) is 29.2. The number of carbonyl (C=O) groups excluding carboxylic acids is 1. The highest BCUT2D eigenvalue weighted by molar-refractivity contribution is 5.77. The predicted molar refractivity (Wildman–Crippen MR) is 104 cm³/mol. The summed E-state index contributed by atoms with van der Waals surface area (Å²) in [5, 5.41) is 3.00. The minimum atomic E-state index is -0.181. The molecule has 2 atom stereocenters. The highest BCUT2D eigenvalue weighted by atomic mass is 16.5. The molecule has 1 amide bonds. The van der Waals surface area contributed by atoms with E-state index < -0.39 is 0 Å². The maximum Gasteiger partial charge on any atom is 0.246 e. The Hall–Kier alpha value is -2.72. The average molecular weight is 389 g/mol. The van der Waals surface area contributed by atoms with Gasteiger partial charge in [-0.3, -0.25) is 4.79 Å². The van der Waals surface area contributed by atoms with Crippen molar-refractivity contribution in [3.8, 4) is 0 Å². The Bertz CT molecular complexity index is 795. The van der Waals surface area contributed by atoms with Gasteiger partial charge in [-0.05, 0) is 6.07 Å². The van der Waals surface area contributed by atoms with Crippen LogP contribution in [0.1, 0.15) is 5.82 Å². The topological polar surface area (TPSA) is 97.6 Å². The zero-order chi connectivity index (χ0) is 20.1. The van der Waals surface area contributed by atoms with E-state index in [1.165, 1.54) is 0 Å². The Morgan fingerprint density at radius 1 is 1.32 bits per heavy atom. The average Bonchev–Trinajstić information content (AvgIpc) is 3.28. The summed E-state index contributed by atoms with van der Waals surface area (Å²) in [6, 6.07) is 1.71. The van der Waals surface area contributed by atoms with Gasteiger partial charge in [0.15, 0.2) is 0 Å². The number of hydrogen-bond acceptors (Lipinski definition) is 8. The van der Waals surface area contributed by atoms with E-state index in [-0.39, 0.29) is 31.3 Å². The van der Waals surface area contributed by atoms with Gasteiger partial charge in [0.25, 0.3) is 0 Å². The van der Waals surface area contributed by atoms with Gasteiger partial charge in [0.1, 0.15) is 24.9 Å². The van der Waals surface area contributed by atoms with Gasteiger partial charge in [-0.25, -0.2) is 9.97 Å². The molecule has 3 heterocycles. The second-order valence-corrected chi connectivity index (χ2v) is 6.91. The molecule has 1 aliphatic heterocycles. The van der Waals surface area contributed by atoms with Crippen molar-refractivity contribution >= 4 is 17.7 Å². The van der Waals surface area contributed by atoms with Crippen molar-refractivity contribution in [2.24, 2.45) is 7.05 Å². The van der Waals surface area contributed by atoms with Crippen molar-refractivity contribution in [2.45, 2.75) is 18.8 Å². The van der Waals surface area contributed by atoms with Crippen molar-refractivity contribution in [1.29, 1.82) is 0 Å². The van der Waals surface area contributed by atoms with Crippen LogP contribution in [0.5, 0.6) is 0 Å². The van der Waals surface area contributed by atoms with E-state index in [0.29, 0.717) is 19.0 Å². The molecular formula is C18H27N7O3. The lowest BCUT2D eigenvalue weighted by molar-refractivity contribution is -0.127. The van der Waals surface area contributed by atoms with Crippen molar-refractivity contribution in [1.82, 2.24) is 24.8 Å². The van der Waals surface area contributed by atoms with Gasteiger partial charge in [0.05, 0.1) is 12.1 Å². The highest BCUT2D eigenvalue weighted by Gasteiger charge is 2.34. The van der Waals surface area contributed by atoms with Crippen LogP contribution in [0.25, 0.3) is 0 Å². The third-order valence-electron chi connectivity index (χ3n) is 4.65. The summed E-state index contributed by atoms with van der Waals surface area (Å²) >= 11 is 0. The SMILES string of the molecule is CO[C@@H]1CN(c2ccnc(N(C)C)n2)C[C@@H]1NC(=O)COCc1nccn1C. The fourth-order valence-corrected chi connectivity index (χ4v) is 3.09. The number of aryl methyl sites for hydroxylation is 1. The number of imidazole rings is 1. The van der Waals surface area contributed by atoms with Crippen LogP contribution in [0.2, 0.25) is 0 Å². The number of nitrogens with one attached hydrogen (secondary N) is 1. The number of hydrogen-bond donors (Lipinski definition) is 1. The molecule has 0 aliphatic carbocycles. The molecule has 1 aliphatic rings. The first-order valence-electron chi connectivity index (χ1n) is 9.09. The minimum absolute atomic E-state index is 0.0297. The number of anilines is 2. The molecule has 0 unspecified atom stereocenters. The largest absolute Gasteiger partial charge is 0.377 e. The number of methoxy groups -OCH3 is 1. The molecule has 1 fully saturated rings. The third-order valence-corrected chi connectivity index (χ3v) is 4.65. The van der Waals surface area contributed by atoms with Crippen LogP contribution in [0.3, 0.4) is 0 Å². The lowest BCUT2D eigenvalue weighted by Crippen LogP contribution is -2.45. The summed E-state index contributed by atoms with van der Waals surface area (Å²) in [5.41, 5.74) is 0. The maximum atomic E-state index is 12.3. The van der Waals surface area contributed by atoms with Gasteiger partial charge >= 0.3 is 0 Å². The zero-order valence-corrected chi connectivity index (χ0v) is 16.7. The molecule has 0 radical (unpaired) electrons. The van der Waals surface area contributed by atoms with Crippen LogP contribution in [0.15, 0.2) is 24.7 Å². The number of ether oxygens (including phenoxy) is 2. The molecule has 0 aromatic carbocycles. The van der Waals surface area contributed by atoms with Crippen molar-refractivity contribution in [2.75, 3.05) is 50.7 Å². The first kappa shape index (κ1) is 20.0. The van der Waals surface area contributed by atoms with Crippen LogP contribution in [-0.2, 0) is 27.9 Å². The molecule has 3 rings (SSSR count). The number of carbonyl (C=O) groups is 1. The van der Waals surface area contributed by atoms with E-state index in [1.807, 2.05) is 42.9 Å². The van der Waals surface area contributed by atoms with Crippen LogP contribution >= 0.6 is 0 Å². The number of rotatable bonds is 8. The second kappa shape index (κ2) is 8.98. The number of nitrogens with zero attached hydrogens (tertiary/aromatic N) is 6. The van der Waals surface area contributed by atoms with Crippen LogP contribution in [0, 0.1) is 0 Å². The molecule has 1 N–H and O–H groups in total. The number of aromatic nitrogens is 4. The Morgan fingerprint density at radius 2 is 2.14 bits per heavy atom.